The predicted octanol–water partition coefficient (Wildman–Crippen LogP) is 0.705. The molecule has 0 aromatic heterocycles. The van der Waals surface area contributed by atoms with Gasteiger partial charge in [0.25, 0.3) is 0 Å². The first-order valence-electron chi connectivity index (χ1n) is 4.86. The number of nitrogens with two attached hydrogens (primary N) is 1. The van der Waals surface area contributed by atoms with Crippen molar-refractivity contribution in [1.29, 1.82) is 0 Å². The molecule has 0 saturated heterocycles. The van der Waals surface area contributed by atoms with E-state index in [1.807, 2.05) is 0 Å². The third kappa shape index (κ3) is 2.37. The van der Waals surface area contributed by atoms with Gasteiger partial charge in [-0.15, -0.1) is 0 Å². The molecule has 0 saturated carbocycles. The Balaban J connectivity index is 3.25. The maximum Gasteiger partial charge on any atom is 0.203 e. The second-order valence-electron chi connectivity index (χ2n) is 3.21. The molecular formula is C11H17NO4. The van der Waals surface area contributed by atoms with E-state index in [2.05, 4.69) is 0 Å². The summed E-state index contributed by atoms with van der Waals surface area (Å²) in [5.74, 6) is 1.51. The summed E-state index contributed by atoms with van der Waals surface area (Å²) in [6, 6.07) is 3.36. The average molecular weight is 227 g/mol. The predicted molar refractivity (Wildman–Crippen MR) is 60.1 cm³/mol. The minimum atomic E-state index is -0.742. The van der Waals surface area contributed by atoms with E-state index in [0.717, 1.165) is 0 Å². The van der Waals surface area contributed by atoms with Crippen molar-refractivity contribution in [2.24, 2.45) is 5.73 Å². The van der Waals surface area contributed by atoms with Gasteiger partial charge in [0, 0.05) is 6.54 Å². The Bertz CT molecular complexity index is 329. The van der Waals surface area contributed by atoms with Crippen LogP contribution in [0.1, 0.15) is 11.7 Å². The molecular weight excluding hydrogens is 210 g/mol. The Hall–Kier alpha value is -1.46. The number of hydrogen-bond acceptors (Lipinski definition) is 5. The van der Waals surface area contributed by atoms with Gasteiger partial charge >= 0.3 is 0 Å². The van der Waals surface area contributed by atoms with Crippen LogP contribution in [0, 0.1) is 0 Å². The third-order valence-corrected chi connectivity index (χ3v) is 2.30. The summed E-state index contributed by atoms with van der Waals surface area (Å²) in [4.78, 5) is 0. The van der Waals surface area contributed by atoms with Crippen LogP contribution >= 0.6 is 0 Å². The van der Waals surface area contributed by atoms with Crippen LogP contribution in [0.4, 0.5) is 0 Å². The number of aliphatic hydroxyl groups excluding tert-OH is 1. The molecule has 5 nitrogen and oxygen atoms in total. The minimum Gasteiger partial charge on any atom is -0.493 e. The summed E-state index contributed by atoms with van der Waals surface area (Å²) < 4.78 is 15.5. The van der Waals surface area contributed by atoms with E-state index >= 15 is 0 Å². The zero-order valence-electron chi connectivity index (χ0n) is 9.69. The van der Waals surface area contributed by atoms with Crippen molar-refractivity contribution in [1.82, 2.24) is 0 Å². The summed E-state index contributed by atoms with van der Waals surface area (Å²) >= 11 is 0. The van der Waals surface area contributed by atoms with Gasteiger partial charge in [0.15, 0.2) is 11.5 Å². The molecule has 0 heterocycles. The molecule has 0 radical (unpaired) electrons. The smallest absolute Gasteiger partial charge is 0.203 e. The Labute approximate surface area is 94.7 Å². The van der Waals surface area contributed by atoms with Gasteiger partial charge in [0.2, 0.25) is 5.75 Å². The van der Waals surface area contributed by atoms with Crippen LogP contribution in [0.2, 0.25) is 0 Å². The standard InChI is InChI=1S/C11H17NO4/c1-14-9-4-7(8(13)6-12)5-10(15-2)11(9)16-3/h4-5,8,13H,6,12H2,1-3H3. The lowest BCUT2D eigenvalue weighted by Gasteiger charge is -2.16. The van der Waals surface area contributed by atoms with Crippen LogP contribution in [-0.2, 0) is 0 Å². The van der Waals surface area contributed by atoms with E-state index < -0.39 is 6.10 Å². The van der Waals surface area contributed by atoms with Crippen molar-refractivity contribution in [2.75, 3.05) is 27.9 Å². The van der Waals surface area contributed by atoms with Gasteiger partial charge in [-0.1, -0.05) is 0 Å². The summed E-state index contributed by atoms with van der Waals surface area (Å²) in [5.41, 5.74) is 6.03. The van der Waals surface area contributed by atoms with Crippen LogP contribution < -0.4 is 19.9 Å². The molecule has 1 unspecified atom stereocenters. The summed E-state index contributed by atoms with van der Waals surface area (Å²) in [7, 11) is 4.57. The topological polar surface area (TPSA) is 73.9 Å². The fraction of sp³-hybridized carbons (Fsp3) is 0.455. The molecule has 0 aliphatic rings. The highest BCUT2D eigenvalue weighted by Crippen LogP contribution is 2.39. The molecule has 0 bridgehead atoms. The van der Waals surface area contributed by atoms with Crippen LogP contribution in [-0.4, -0.2) is 33.0 Å². The first-order valence-corrected chi connectivity index (χ1v) is 4.86. The number of ether oxygens (including phenoxy) is 3. The lowest BCUT2D eigenvalue weighted by molar-refractivity contribution is 0.185. The maximum atomic E-state index is 9.66. The molecule has 16 heavy (non-hydrogen) atoms. The van der Waals surface area contributed by atoms with Gasteiger partial charge in [0.05, 0.1) is 27.4 Å². The molecule has 90 valence electrons. The highest BCUT2D eigenvalue weighted by Gasteiger charge is 2.16. The number of hydrogen-bond donors (Lipinski definition) is 2. The molecule has 0 spiro atoms. The van der Waals surface area contributed by atoms with E-state index in [4.69, 9.17) is 19.9 Å². The van der Waals surface area contributed by atoms with Crippen LogP contribution in [0.5, 0.6) is 17.2 Å². The van der Waals surface area contributed by atoms with E-state index in [1.165, 1.54) is 21.3 Å². The van der Waals surface area contributed by atoms with Crippen molar-refractivity contribution < 1.29 is 19.3 Å². The van der Waals surface area contributed by atoms with Gasteiger partial charge in [-0.25, -0.2) is 0 Å². The Morgan fingerprint density at radius 1 is 1.12 bits per heavy atom. The SMILES string of the molecule is COc1cc(C(O)CN)cc(OC)c1OC. The van der Waals surface area contributed by atoms with Crippen LogP contribution in [0.25, 0.3) is 0 Å². The highest BCUT2D eigenvalue weighted by atomic mass is 16.5. The van der Waals surface area contributed by atoms with E-state index in [0.29, 0.717) is 22.8 Å². The zero-order chi connectivity index (χ0) is 12.1. The number of aliphatic hydroxyl groups is 1. The minimum absolute atomic E-state index is 0.138. The maximum absolute atomic E-state index is 9.66. The van der Waals surface area contributed by atoms with Crippen LogP contribution in [0.15, 0.2) is 12.1 Å². The summed E-state index contributed by atoms with van der Waals surface area (Å²) in [6.07, 6.45) is -0.742. The lowest BCUT2D eigenvalue weighted by atomic mass is 10.1. The molecule has 0 fully saturated rings. The van der Waals surface area contributed by atoms with Gasteiger partial charge in [0.1, 0.15) is 0 Å². The summed E-state index contributed by atoms with van der Waals surface area (Å²) in [6.45, 7) is 0.138. The number of rotatable bonds is 5. The second-order valence-corrected chi connectivity index (χ2v) is 3.21. The van der Waals surface area contributed by atoms with E-state index in [1.54, 1.807) is 12.1 Å². The molecule has 0 aliphatic carbocycles. The van der Waals surface area contributed by atoms with Gasteiger partial charge in [-0.05, 0) is 17.7 Å². The first kappa shape index (κ1) is 12.6. The largest absolute Gasteiger partial charge is 0.493 e. The number of benzene rings is 1. The fourth-order valence-corrected chi connectivity index (χ4v) is 1.43. The van der Waals surface area contributed by atoms with Crippen molar-refractivity contribution in [3.63, 3.8) is 0 Å². The Morgan fingerprint density at radius 3 is 1.94 bits per heavy atom. The van der Waals surface area contributed by atoms with Gasteiger partial charge in [-0.2, -0.15) is 0 Å². The molecule has 1 rings (SSSR count). The molecule has 0 aliphatic heterocycles. The summed E-state index contributed by atoms with van der Waals surface area (Å²) in [5, 5.41) is 9.66. The average Bonchev–Trinajstić information content (AvgIpc) is 2.35. The van der Waals surface area contributed by atoms with E-state index in [9.17, 15) is 5.11 Å². The first-order chi connectivity index (χ1) is 7.67. The van der Waals surface area contributed by atoms with Gasteiger partial charge < -0.3 is 25.1 Å². The quantitative estimate of drug-likeness (QED) is 0.774. The molecule has 0 amide bonds. The molecule has 5 heteroatoms. The zero-order valence-corrected chi connectivity index (χ0v) is 9.69. The normalized spacial score (nSPS) is 12.1. The monoisotopic (exact) mass is 227 g/mol. The molecule has 1 aromatic carbocycles. The van der Waals surface area contributed by atoms with Crippen molar-refractivity contribution in [2.45, 2.75) is 6.10 Å². The Morgan fingerprint density at radius 2 is 1.62 bits per heavy atom. The van der Waals surface area contributed by atoms with Crippen molar-refractivity contribution in [3.8, 4) is 17.2 Å². The van der Waals surface area contributed by atoms with Gasteiger partial charge in [-0.3, -0.25) is 0 Å². The lowest BCUT2D eigenvalue weighted by Crippen LogP contribution is -2.12. The van der Waals surface area contributed by atoms with E-state index in [-0.39, 0.29) is 6.54 Å². The molecule has 1 aromatic rings. The van der Waals surface area contributed by atoms with Crippen LogP contribution in [0.3, 0.4) is 0 Å². The fourth-order valence-electron chi connectivity index (χ4n) is 1.43. The highest BCUT2D eigenvalue weighted by molar-refractivity contribution is 5.54. The number of methoxy groups -OCH3 is 3. The molecule has 3 N–H and O–H groups in total. The van der Waals surface area contributed by atoms with Crippen molar-refractivity contribution >= 4 is 0 Å². The third-order valence-electron chi connectivity index (χ3n) is 2.30. The van der Waals surface area contributed by atoms with Crippen molar-refractivity contribution in [3.05, 3.63) is 17.7 Å². The molecule has 1 atom stereocenters. The second kappa shape index (κ2) is 5.58. The Kier molecular flexibility index (Phi) is 4.39.